The Morgan fingerprint density at radius 1 is 1.21 bits per heavy atom. The summed E-state index contributed by atoms with van der Waals surface area (Å²) in [4.78, 5) is 15.2. The van der Waals surface area contributed by atoms with Gasteiger partial charge < -0.3 is 5.11 Å². The summed E-state index contributed by atoms with van der Waals surface area (Å²) in [5.41, 5.74) is 0.859. The van der Waals surface area contributed by atoms with Gasteiger partial charge in [0, 0.05) is 12.4 Å². The molecular formula is C12H8N4O2S. The van der Waals surface area contributed by atoms with Crippen molar-refractivity contribution < 1.29 is 9.90 Å². The molecule has 0 radical (unpaired) electrons. The van der Waals surface area contributed by atoms with Crippen LogP contribution in [0.15, 0.2) is 52.9 Å². The summed E-state index contributed by atoms with van der Waals surface area (Å²) >= 11 is 1.18. The minimum Gasteiger partial charge on any atom is -0.478 e. The van der Waals surface area contributed by atoms with Crippen molar-refractivity contribution in [1.82, 2.24) is 19.6 Å². The van der Waals surface area contributed by atoms with E-state index in [4.69, 9.17) is 5.11 Å². The second-order valence-corrected chi connectivity index (χ2v) is 4.63. The van der Waals surface area contributed by atoms with Crippen molar-refractivity contribution >= 4 is 23.4 Å². The molecule has 0 spiro atoms. The molecule has 3 aromatic heterocycles. The first-order valence-corrected chi connectivity index (χ1v) is 6.23. The average Bonchev–Trinajstić information content (AvgIpc) is 2.83. The molecule has 3 rings (SSSR count). The SMILES string of the molecule is O=C(O)c1cccnc1Sc1nnc2ccccn12. The molecule has 0 fully saturated rings. The highest BCUT2D eigenvalue weighted by Gasteiger charge is 2.14. The lowest BCUT2D eigenvalue weighted by molar-refractivity contribution is 0.0692. The molecule has 6 nitrogen and oxygen atoms in total. The standard InChI is InChI=1S/C12H8N4O2S/c17-11(18)8-4-3-6-13-10(8)19-12-15-14-9-5-1-2-7-16(9)12/h1-7H,(H,17,18). The van der Waals surface area contributed by atoms with Crippen LogP contribution >= 0.6 is 11.8 Å². The topological polar surface area (TPSA) is 80.4 Å². The van der Waals surface area contributed by atoms with Crippen molar-refractivity contribution in [2.75, 3.05) is 0 Å². The van der Waals surface area contributed by atoms with Crippen LogP contribution in [0.1, 0.15) is 10.4 Å². The number of fused-ring (bicyclic) bond motifs is 1. The van der Waals surface area contributed by atoms with Crippen molar-refractivity contribution in [3.8, 4) is 0 Å². The number of aromatic carboxylic acids is 1. The normalized spacial score (nSPS) is 10.7. The Bertz CT molecular complexity index is 756. The number of aromatic nitrogens is 4. The summed E-state index contributed by atoms with van der Waals surface area (Å²) in [6, 6.07) is 8.66. The Labute approximate surface area is 112 Å². The van der Waals surface area contributed by atoms with Crippen molar-refractivity contribution in [3.05, 3.63) is 48.3 Å². The van der Waals surface area contributed by atoms with E-state index in [1.807, 2.05) is 24.4 Å². The molecule has 0 aromatic carbocycles. The summed E-state index contributed by atoms with van der Waals surface area (Å²) in [6.07, 6.45) is 3.37. The van der Waals surface area contributed by atoms with Gasteiger partial charge >= 0.3 is 5.97 Å². The maximum absolute atomic E-state index is 11.1. The molecule has 0 aliphatic heterocycles. The quantitative estimate of drug-likeness (QED) is 0.785. The highest BCUT2D eigenvalue weighted by molar-refractivity contribution is 7.99. The van der Waals surface area contributed by atoms with Crippen molar-refractivity contribution in [1.29, 1.82) is 0 Å². The fraction of sp³-hybridized carbons (Fsp3) is 0. The van der Waals surface area contributed by atoms with Crippen molar-refractivity contribution in [3.63, 3.8) is 0 Å². The molecule has 19 heavy (non-hydrogen) atoms. The first kappa shape index (κ1) is 11.7. The minimum absolute atomic E-state index is 0.153. The van der Waals surface area contributed by atoms with Crippen LogP contribution in [0.5, 0.6) is 0 Å². The maximum atomic E-state index is 11.1. The van der Waals surface area contributed by atoms with Gasteiger partial charge in [0.1, 0.15) is 5.03 Å². The second kappa shape index (κ2) is 4.69. The molecule has 0 bridgehead atoms. The van der Waals surface area contributed by atoms with Crippen LogP contribution in [-0.4, -0.2) is 30.7 Å². The van der Waals surface area contributed by atoms with Crippen LogP contribution in [0.2, 0.25) is 0 Å². The van der Waals surface area contributed by atoms with Crippen LogP contribution in [0.4, 0.5) is 0 Å². The first-order valence-electron chi connectivity index (χ1n) is 5.41. The minimum atomic E-state index is -1.01. The summed E-state index contributed by atoms with van der Waals surface area (Å²) in [5.74, 6) is -1.01. The fourth-order valence-corrected chi connectivity index (χ4v) is 2.50. The highest BCUT2D eigenvalue weighted by atomic mass is 32.2. The van der Waals surface area contributed by atoms with Gasteiger partial charge in [0.15, 0.2) is 5.65 Å². The van der Waals surface area contributed by atoms with Gasteiger partial charge in [-0.05, 0) is 36.0 Å². The third-order valence-corrected chi connectivity index (χ3v) is 3.45. The number of carboxylic acid groups (broad SMARTS) is 1. The molecule has 0 atom stereocenters. The van der Waals surface area contributed by atoms with Gasteiger partial charge in [0.05, 0.1) is 5.56 Å². The molecule has 94 valence electrons. The smallest absolute Gasteiger partial charge is 0.338 e. The van der Waals surface area contributed by atoms with Gasteiger partial charge in [0.25, 0.3) is 0 Å². The summed E-state index contributed by atoms with van der Waals surface area (Å²) in [5, 5.41) is 18.1. The van der Waals surface area contributed by atoms with E-state index in [9.17, 15) is 4.79 Å². The Balaban J connectivity index is 2.04. The van der Waals surface area contributed by atoms with Crippen molar-refractivity contribution in [2.24, 2.45) is 0 Å². The summed E-state index contributed by atoms with van der Waals surface area (Å²) in [7, 11) is 0. The number of carbonyl (C=O) groups is 1. The molecule has 0 aliphatic carbocycles. The predicted molar refractivity (Wildman–Crippen MR) is 68.3 cm³/mol. The molecule has 3 aromatic rings. The second-order valence-electron chi connectivity index (χ2n) is 3.67. The van der Waals surface area contributed by atoms with Crippen LogP contribution in [-0.2, 0) is 0 Å². The highest BCUT2D eigenvalue weighted by Crippen LogP contribution is 2.27. The van der Waals surface area contributed by atoms with E-state index in [1.165, 1.54) is 17.8 Å². The molecule has 1 N–H and O–H groups in total. The lowest BCUT2D eigenvalue weighted by Crippen LogP contribution is -2.00. The fourth-order valence-electron chi connectivity index (χ4n) is 1.61. The van der Waals surface area contributed by atoms with E-state index in [2.05, 4.69) is 15.2 Å². The molecule has 7 heteroatoms. The summed E-state index contributed by atoms with van der Waals surface area (Å²) < 4.78 is 1.78. The van der Waals surface area contributed by atoms with E-state index in [-0.39, 0.29) is 5.56 Å². The van der Waals surface area contributed by atoms with E-state index >= 15 is 0 Å². The zero-order valence-electron chi connectivity index (χ0n) is 9.59. The van der Waals surface area contributed by atoms with E-state index in [0.29, 0.717) is 15.8 Å². The van der Waals surface area contributed by atoms with Gasteiger partial charge in [-0.3, -0.25) is 4.40 Å². The monoisotopic (exact) mass is 272 g/mol. The number of pyridine rings is 2. The molecular weight excluding hydrogens is 264 g/mol. The molecule has 3 heterocycles. The van der Waals surface area contributed by atoms with E-state index in [0.717, 1.165) is 0 Å². The lowest BCUT2D eigenvalue weighted by Gasteiger charge is -2.02. The number of rotatable bonds is 3. The first-order chi connectivity index (χ1) is 9.25. The Morgan fingerprint density at radius 2 is 2.11 bits per heavy atom. The average molecular weight is 272 g/mol. The van der Waals surface area contributed by atoms with Crippen LogP contribution in [0.3, 0.4) is 0 Å². The van der Waals surface area contributed by atoms with E-state index in [1.54, 1.807) is 16.7 Å². The number of hydrogen-bond acceptors (Lipinski definition) is 5. The van der Waals surface area contributed by atoms with Gasteiger partial charge in [0.2, 0.25) is 5.16 Å². The zero-order chi connectivity index (χ0) is 13.2. The van der Waals surface area contributed by atoms with Crippen LogP contribution in [0.25, 0.3) is 5.65 Å². The Morgan fingerprint density at radius 3 is 2.95 bits per heavy atom. The number of carboxylic acids is 1. The van der Waals surface area contributed by atoms with Gasteiger partial charge in [-0.25, -0.2) is 9.78 Å². The molecule has 0 saturated heterocycles. The third kappa shape index (κ3) is 2.15. The molecule has 0 amide bonds. The molecule has 0 unspecified atom stereocenters. The lowest BCUT2D eigenvalue weighted by atomic mass is 10.3. The molecule has 0 saturated carbocycles. The predicted octanol–water partition coefficient (Wildman–Crippen LogP) is 1.97. The van der Waals surface area contributed by atoms with Gasteiger partial charge in [-0.2, -0.15) is 0 Å². The van der Waals surface area contributed by atoms with E-state index < -0.39 is 5.97 Å². The van der Waals surface area contributed by atoms with Gasteiger partial charge in [-0.1, -0.05) is 6.07 Å². The Kier molecular flexibility index (Phi) is 2.88. The summed E-state index contributed by atoms with van der Waals surface area (Å²) in [6.45, 7) is 0. The largest absolute Gasteiger partial charge is 0.478 e. The Hall–Kier alpha value is -2.41. The maximum Gasteiger partial charge on any atom is 0.338 e. The van der Waals surface area contributed by atoms with Crippen molar-refractivity contribution in [2.45, 2.75) is 10.2 Å². The van der Waals surface area contributed by atoms with Crippen LogP contribution in [0, 0.1) is 0 Å². The van der Waals surface area contributed by atoms with Crippen LogP contribution < -0.4 is 0 Å². The number of hydrogen-bond donors (Lipinski definition) is 1. The molecule has 0 aliphatic rings. The van der Waals surface area contributed by atoms with Gasteiger partial charge in [-0.15, -0.1) is 10.2 Å². The zero-order valence-corrected chi connectivity index (χ0v) is 10.4. The third-order valence-electron chi connectivity index (χ3n) is 2.47. The number of nitrogens with zero attached hydrogens (tertiary/aromatic N) is 4.